The monoisotopic (exact) mass is 476 g/mol. The van der Waals surface area contributed by atoms with Crippen molar-refractivity contribution >= 4 is 40.9 Å². The summed E-state index contributed by atoms with van der Waals surface area (Å²) in [4.78, 5) is 38.6. The van der Waals surface area contributed by atoms with Crippen LogP contribution in [0.2, 0.25) is 0 Å². The van der Waals surface area contributed by atoms with Crippen molar-refractivity contribution in [2.75, 3.05) is 17.7 Å². The van der Waals surface area contributed by atoms with E-state index in [9.17, 15) is 14.4 Å². The Balaban J connectivity index is 1.30. The van der Waals surface area contributed by atoms with Crippen LogP contribution in [0.1, 0.15) is 22.8 Å². The number of hydrogen-bond donors (Lipinski definition) is 2. The zero-order chi connectivity index (χ0) is 24.1. The van der Waals surface area contributed by atoms with E-state index in [4.69, 9.17) is 9.47 Å². The van der Waals surface area contributed by atoms with Gasteiger partial charge in [0.15, 0.2) is 6.10 Å². The molecule has 7 nitrogen and oxygen atoms in total. The summed E-state index contributed by atoms with van der Waals surface area (Å²) in [5.41, 5.74) is 2.58. The quantitative estimate of drug-likeness (QED) is 0.487. The number of methoxy groups -OCH3 is 1. The molecule has 0 unspecified atom stereocenters. The van der Waals surface area contributed by atoms with Crippen molar-refractivity contribution in [1.82, 2.24) is 0 Å². The van der Waals surface area contributed by atoms with Crippen LogP contribution in [0.15, 0.2) is 77.7 Å². The fourth-order valence-corrected chi connectivity index (χ4v) is 4.69. The first-order valence-electron chi connectivity index (χ1n) is 10.7. The van der Waals surface area contributed by atoms with Gasteiger partial charge in [-0.05, 0) is 61.4 Å². The standard InChI is InChI=1S/C26H24N2O5S/c1-16(33-26(31)23-15-18-7-3-6-10-22(18)34-23)24(29)27-19-13-11-17(12-14-19)25(30)28-20-8-4-5-9-21(20)32-2/h3-14,16,23H,15H2,1-2H3,(H,27,29)(H,28,30)/t16-,23+/m0/s1. The Bertz CT molecular complexity index is 1190. The summed E-state index contributed by atoms with van der Waals surface area (Å²) in [6, 6.07) is 21.4. The van der Waals surface area contributed by atoms with Crippen molar-refractivity contribution in [3.05, 3.63) is 83.9 Å². The van der Waals surface area contributed by atoms with Crippen molar-refractivity contribution < 1.29 is 23.9 Å². The van der Waals surface area contributed by atoms with Crippen LogP contribution in [0, 0.1) is 0 Å². The Morgan fingerprint density at radius 3 is 2.38 bits per heavy atom. The number of rotatable bonds is 7. The van der Waals surface area contributed by atoms with Gasteiger partial charge in [0.1, 0.15) is 11.0 Å². The molecular formula is C26H24N2O5S. The maximum absolute atomic E-state index is 12.5. The number of nitrogens with one attached hydrogen (secondary N) is 2. The van der Waals surface area contributed by atoms with Gasteiger partial charge in [0.05, 0.1) is 12.8 Å². The van der Waals surface area contributed by atoms with Crippen LogP contribution in [-0.2, 0) is 20.7 Å². The van der Waals surface area contributed by atoms with Gasteiger partial charge in [-0.25, -0.2) is 0 Å². The van der Waals surface area contributed by atoms with E-state index in [-0.39, 0.29) is 11.2 Å². The number of amides is 2. The molecule has 0 aromatic heterocycles. The molecule has 3 aromatic carbocycles. The van der Waals surface area contributed by atoms with E-state index in [1.165, 1.54) is 25.8 Å². The Morgan fingerprint density at radius 2 is 1.65 bits per heavy atom. The second-order valence-corrected chi connectivity index (χ2v) is 8.96. The molecule has 0 saturated carbocycles. The van der Waals surface area contributed by atoms with Gasteiger partial charge in [-0.2, -0.15) is 0 Å². The van der Waals surface area contributed by atoms with Crippen LogP contribution in [0.5, 0.6) is 5.75 Å². The molecule has 34 heavy (non-hydrogen) atoms. The van der Waals surface area contributed by atoms with E-state index >= 15 is 0 Å². The number of hydrogen-bond acceptors (Lipinski definition) is 6. The first kappa shape index (κ1) is 23.4. The summed E-state index contributed by atoms with van der Waals surface area (Å²) in [5, 5.41) is 5.16. The average molecular weight is 477 g/mol. The molecule has 2 N–H and O–H groups in total. The molecule has 1 aliphatic rings. The van der Waals surface area contributed by atoms with Gasteiger partial charge in [-0.3, -0.25) is 14.4 Å². The van der Waals surface area contributed by atoms with E-state index in [2.05, 4.69) is 10.6 Å². The maximum Gasteiger partial charge on any atom is 0.320 e. The minimum atomic E-state index is -0.953. The highest BCUT2D eigenvalue weighted by Gasteiger charge is 2.31. The summed E-state index contributed by atoms with van der Waals surface area (Å²) in [6.45, 7) is 1.54. The molecule has 3 aromatic rings. The molecule has 1 aliphatic heterocycles. The number of ether oxygens (including phenoxy) is 2. The van der Waals surface area contributed by atoms with Crippen molar-refractivity contribution in [2.24, 2.45) is 0 Å². The van der Waals surface area contributed by atoms with E-state index in [1.807, 2.05) is 30.3 Å². The number of carbonyl (C=O) groups is 3. The second kappa shape index (κ2) is 10.4. The smallest absolute Gasteiger partial charge is 0.320 e. The molecule has 0 aliphatic carbocycles. The lowest BCUT2D eigenvalue weighted by atomic mass is 10.1. The average Bonchev–Trinajstić information content (AvgIpc) is 3.29. The molecule has 2 amide bonds. The summed E-state index contributed by atoms with van der Waals surface area (Å²) in [7, 11) is 1.53. The molecule has 8 heteroatoms. The summed E-state index contributed by atoms with van der Waals surface area (Å²) in [5.74, 6) is -0.602. The molecule has 2 atom stereocenters. The third kappa shape index (κ3) is 5.40. The van der Waals surface area contributed by atoms with E-state index in [0.29, 0.717) is 29.1 Å². The van der Waals surface area contributed by atoms with Gasteiger partial charge in [-0.15, -0.1) is 11.8 Å². The fourth-order valence-electron chi connectivity index (χ4n) is 3.51. The number of anilines is 2. The zero-order valence-corrected chi connectivity index (χ0v) is 19.6. The lowest BCUT2D eigenvalue weighted by Crippen LogP contribution is -2.33. The van der Waals surface area contributed by atoms with E-state index in [1.54, 1.807) is 42.5 Å². The first-order valence-corrected chi connectivity index (χ1v) is 11.6. The minimum absolute atomic E-state index is 0.306. The molecular weight excluding hydrogens is 452 g/mol. The number of benzene rings is 3. The maximum atomic E-state index is 12.5. The van der Waals surface area contributed by atoms with Gasteiger partial charge in [0, 0.05) is 16.1 Å². The lowest BCUT2D eigenvalue weighted by Gasteiger charge is -2.16. The van der Waals surface area contributed by atoms with Gasteiger partial charge in [-0.1, -0.05) is 30.3 Å². The normalized spacial score (nSPS) is 15.1. The highest BCUT2D eigenvalue weighted by Crippen LogP contribution is 2.37. The largest absolute Gasteiger partial charge is 0.495 e. The molecule has 174 valence electrons. The lowest BCUT2D eigenvalue weighted by molar-refractivity contribution is -0.152. The van der Waals surface area contributed by atoms with Gasteiger partial charge in [0.2, 0.25) is 0 Å². The molecule has 4 rings (SSSR count). The van der Waals surface area contributed by atoms with Gasteiger partial charge < -0.3 is 20.1 Å². The Kier molecular flexibility index (Phi) is 7.18. The highest BCUT2D eigenvalue weighted by atomic mass is 32.2. The van der Waals surface area contributed by atoms with E-state index in [0.717, 1.165) is 10.5 Å². The zero-order valence-electron chi connectivity index (χ0n) is 18.7. The summed E-state index contributed by atoms with van der Waals surface area (Å²) >= 11 is 1.46. The molecule has 0 bridgehead atoms. The molecule has 0 spiro atoms. The summed E-state index contributed by atoms with van der Waals surface area (Å²) in [6.07, 6.45) is -0.364. The number of thioether (sulfide) groups is 1. The molecule has 1 heterocycles. The molecule has 0 saturated heterocycles. The minimum Gasteiger partial charge on any atom is -0.495 e. The molecule has 0 radical (unpaired) electrons. The third-order valence-electron chi connectivity index (χ3n) is 5.34. The first-order chi connectivity index (χ1) is 16.4. The number of para-hydroxylation sites is 2. The summed E-state index contributed by atoms with van der Waals surface area (Å²) < 4.78 is 10.6. The Labute approximate surface area is 201 Å². The van der Waals surface area contributed by atoms with Crippen LogP contribution in [0.25, 0.3) is 0 Å². The van der Waals surface area contributed by atoms with Crippen LogP contribution in [-0.4, -0.2) is 36.2 Å². The topological polar surface area (TPSA) is 93.7 Å². The van der Waals surface area contributed by atoms with Crippen LogP contribution in [0.3, 0.4) is 0 Å². The highest BCUT2D eigenvalue weighted by molar-refractivity contribution is 8.01. The van der Waals surface area contributed by atoms with Gasteiger partial charge >= 0.3 is 5.97 Å². The Hall–Kier alpha value is -3.78. The van der Waals surface area contributed by atoms with E-state index < -0.39 is 18.0 Å². The second-order valence-electron chi connectivity index (χ2n) is 7.72. The molecule has 0 fully saturated rings. The van der Waals surface area contributed by atoms with Crippen LogP contribution < -0.4 is 15.4 Å². The predicted molar refractivity (Wildman–Crippen MR) is 131 cm³/mol. The number of carbonyl (C=O) groups excluding carboxylic acids is 3. The SMILES string of the molecule is COc1ccccc1NC(=O)c1ccc(NC(=O)[C@H](C)OC(=O)[C@H]2Cc3ccccc3S2)cc1. The number of fused-ring (bicyclic) bond motifs is 1. The third-order valence-corrected chi connectivity index (χ3v) is 6.64. The fraction of sp³-hybridized carbons (Fsp3) is 0.192. The Morgan fingerprint density at radius 1 is 0.941 bits per heavy atom. The number of esters is 1. The predicted octanol–water partition coefficient (Wildman–Crippen LogP) is 4.53. The van der Waals surface area contributed by atoms with Crippen LogP contribution in [0.4, 0.5) is 11.4 Å². The van der Waals surface area contributed by atoms with Crippen molar-refractivity contribution in [1.29, 1.82) is 0 Å². The van der Waals surface area contributed by atoms with Crippen molar-refractivity contribution in [3.63, 3.8) is 0 Å². The van der Waals surface area contributed by atoms with Crippen molar-refractivity contribution in [3.8, 4) is 5.75 Å². The van der Waals surface area contributed by atoms with Crippen molar-refractivity contribution in [2.45, 2.75) is 29.6 Å². The van der Waals surface area contributed by atoms with Gasteiger partial charge in [0.25, 0.3) is 11.8 Å². The van der Waals surface area contributed by atoms with Crippen LogP contribution >= 0.6 is 11.8 Å².